The van der Waals surface area contributed by atoms with E-state index >= 15 is 0 Å². The number of unbranched alkanes of at least 4 members (excludes halogenated alkanes) is 1. The fourth-order valence-electron chi connectivity index (χ4n) is 3.85. The highest BCUT2D eigenvalue weighted by atomic mass is 127. The number of nitrogens with one attached hydrogen (secondary N) is 1. The van der Waals surface area contributed by atoms with Crippen molar-refractivity contribution in [1.82, 2.24) is 25.1 Å². The molecular weight excluding hydrogens is 465 g/mol. The molecule has 0 atom stereocenters. The topological polar surface area (TPSA) is 59.9 Å². The molecule has 0 aromatic carbocycles. The van der Waals surface area contributed by atoms with Crippen LogP contribution in [0, 0.1) is 5.92 Å². The van der Waals surface area contributed by atoms with Gasteiger partial charge in [0.25, 0.3) is 0 Å². The molecular formula is C20H36IN7. The third-order valence-corrected chi connectivity index (χ3v) is 5.69. The Morgan fingerprint density at radius 2 is 1.75 bits per heavy atom. The van der Waals surface area contributed by atoms with E-state index in [-0.39, 0.29) is 24.0 Å². The number of nitrogens with zero attached hydrogens (tertiary/aromatic N) is 6. The fraction of sp³-hybridized carbons (Fsp3) is 0.750. The number of hydrogen-bond acceptors (Lipinski definition) is 5. The number of guanidine groups is 1. The Balaban J connectivity index is 0.00000280. The summed E-state index contributed by atoms with van der Waals surface area (Å²) in [6.45, 7) is 10.9. The lowest BCUT2D eigenvalue weighted by molar-refractivity contribution is 0.189. The van der Waals surface area contributed by atoms with Gasteiger partial charge in [0.15, 0.2) is 5.96 Å². The van der Waals surface area contributed by atoms with E-state index in [1.54, 1.807) is 12.4 Å². The number of anilines is 1. The Kier molecular flexibility index (Phi) is 10.3. The van der Waals surface area contributed by atoms with Crippen LogP contribution < -0.4 is 10.2 Å². The first-order valence-corrected chi connectivity index (χ1v) is 10.5. The molecule has 1 N–H and O–H groups in total. The maximum absolute atomic E-state index is 4.48. The Hall–Kier alpha value is -1.16. The zero-order chi connectivity index (χ0) is 18.9. The Morgan fingerprint density at radius 1 is 1.07 bits per heavy atom. The van der Waals surface area contributed by atoms with Crippen LogP contribution >= 0.6 is 24.0 Å². The summed E-state index contributed by atoms with van der Waals surface area (Å²) >= 11 is 0. The van der Waals surface area contributed by atoms with Gasteiger partial charge in [-0.05, 0) is 57.3 Å². The molecule has 3 heterocycles. The normalized spacial score (nSPS) is 19.4. The van der Waals surface area contributed by atoms with E-state index in [2.05, 4.69) is 41.9 Å². The number of halogens is 1. The average molecular weight is 501 g/mol. The number of piperazine rings is 1. The first kappa shape index (κ1) is 23.1. The SMILES string of the molecule is CN=C(NCCCCN1CCC(C)CC1)N1CCN(c2ncccn2)CC1.I. The van der Waals surface area contributed by atoms with Crippen LogP contribution in [0.2, 0.25) is 0 Å². The smallest absolute Gasteiger partial charge is 0.225 e. The molecule has 2 fully saturated rings. The van der Waals surface area contributed by atoms with Gasteiger partial charge < -0.3 is 20.0 Å². The lowest BCUT2D eigenvalue weighted by Crippen LogP contribution is -2.53. The summed E-state index contributed by atoms with van der Waals surface area (Å²) in [6, 6.07) is 1.86. The monoisotopic (exact) mass is 501 g/mol. The quantitative estimate of drug-likeness (QED) is 0.280. The molecule has 0 bridgehead atoms. The van der Waals surface area contributed by atoms with Crippen LogP contribution in [-0.2, 0) is 0 Å². The summed E-state index contributed by atoms with van der Waals surface area (Å²) in [5.74, 6) is 2.77. The number of hydrogen-bond donors (Lipinski definition) is 1. The van der Waals surface area contributed by atoms with Crippen molar-refractivity contribution in [2.24, 2.45) is 10.9 Å². The zero-order valence-electron chi connectivity index (χ0n) is 17.4. The van der Waals surface area contributed by atoms with E-state index in [4.69, 9.17) is 0 Å². The molecule has 0 spiro atoms. The van der Waals surface area contributed by atoms with Gasteiger partial charge in [-0.1, -0.05) is 6.92 Å². The second-order valence-electron chi connectivity index (χ2n) is 7.73. The molecule has 7 nitrogen and oxygen atoms in total. The van der Waals surface area contributed by atoms with Crippen LogP contribution in [0.5, 0.6) is 0 Å². The van der Waals surface area contributed by atoms with E-state index in [1.807, 2.05) is 13.1 Å². The van der Waals surface area contributed by atoms with E-state index < -0.39 is 0 Å². The summed E-state index contributed by atoms with van der Waals surface area (Å²) in [6.07, 6.45) is 8.80. The third kappa shape index (κ3) is 7.02. The second kappa shape index (κ2) is 12.4. The van der Waals surface area contributed by atoms with Gasteiger partial charge in [0.1, 0.15) is 0 Å². The van der Waals surface area contributed by atoms with Crippen LogP contribution in [0.4, 0.5) is 5.95 Å². The van der Waals surface area contributed by atoms with Gasteiger partial charge in [-0.25, -0.2) is 9.97 Å². The van der Waals surface area contributed by atoms with E-state index in [1.165, 1.54) is 45.3 Å². The van der Waals surface area contributed by atoms with Crippen LogP contribution in [0.3, 0.4) is 0 Å². The molecule has 1 aromatic rings. The first-order valence-electron chi connectivity index (χ1n) is 10.5. The van der Waals surface area contributed by atoms with Gasteiger partial charge in [0, 0.05) is 52.2 Å². The highest BCUT2D eigenvalue weighted by molar-refractivity contribution is 14.0. The molecule has 2 saturated heterocycles. The fourth-order valence-corrected chi connectivity index (χ4v) is 3.85. The molecule has 2 aliphatic heterocycles. The molecule has 8 heteroatoms. The maximum atomic E-state index is 4.48. The predicted octanol–water partition coefficient (Wildman–Crippen LogP) is 2.30. The molecule has 2 aliphatic rings. The number of aromatic nitrogens is 2. The molecule has 28 heavy (non-hydrogen) atoms. The molecule has 0 saturated carbocycles. The number of likely N-dealkylation sites (tertiary alicyclic amines) is 1. The maximum Gasteiger partial charge on any atom is 0.225 e. The highest BCUT2D eigenvalue weighted by Crippen LogP contribution is 2.16. The first-order chi connectivity index (χ1) is 13.3. The van der Waals surface area contributed by atoms with E-state index in [0.29, 0.717) is 0 Å². The summed E-state index contributed by atoms with van der Waals surface area (Å²) in [5, 5.41) is 3.55. The number of rotatable bonds is 6. The van der Waals surface area contributed by atoms with Crippen molar-refractivity contribution in [2.45, 2.75) is 32.6 Å². The van der Waals surface area contributed by atoms with Crippen LogP contribution in [0.25, 0.3) is 0 Å². The molecule has 0 aliphatic carbocycles. The molecule has 0 amide bonds. The lowest BCUT2D eigenvalue weighted by Gasteiger charge is -2.36. The standard InChI is InChI=1S/C20H35N7.HI/c1-18-6-12-25(13-7-18)11-4-3-8-22-19(21-2)26-14-16-27(17-15-26)20-23-9-5-10-24-20;/h5,9-10,18H,3-4,6-8,11-17H2,1-2H3,(H,21,22);1H. The summed E-state index contributed by atoms with van der Waals surface area (Å²) < 4.78 is 0. The van der Waals surface area contributed by atoms with E-state index in [0.717, 1.165) is 50.5 Å². The van der Waals surface area contributed by atoms with Gasteiger partial charge in [-0.3, -0.25) is 4.99 Å². The molecule has 1 aromatic heterocycles. The van der Waals surface area contributed by atoms with Crippen molar-refractivity contribution in [3.8, 4) is 0 Å². The summed E-state index contributed by atoms with van der Waals surface area (Å²) in [5.41, 5.74) is 0. The van der Waals surface area contributed by atoms with Crippen molar-refractivity contribution < 1.29 is 0 Å². The molecule has 0 unspecified atom stereocenters. The van der Waals surface area contributed by atoms with E-state index in [9.17, 15) is 0 Å². The minimum Gasteiger partial charge on any atom is -0.356 e. The van der Waals surface area contributed by atoms with Gasteiger partial charge in [0.05, 0.1) is 0 Å². The minimum atomic E-state index is 0. The molecule has 3 rings (SSSR count). The predicted molar refractivity (Wildman–Crippen MR) is 127 cm³/mol. The minimum absolute atomic E-state index is 0. The lowest BCUT2D eigenvalue weighted by atomic mass is 9.99. The summed E-state index contributed by atoms with van der Waals surface area (Å²) in [4.78, 5) is 20.4. The Labute approximate surface area is 187 Å². The average Bonchev–Trinajstić information content (AvgIpc) is 2.73. The van der Waals surface area contributed by atoms with Crippen molar-refractivity contribution in [3.63, 3.8) is 0 Å². The van der Waals surface area contributed by atoms with Gasteiger partial charge in [-0.2, -0.15) is 0 Å². The van der Waals surface area contributed by atoms with Crippen LogP contribution in [0.15, 0.2) is 23.5 Å². The van der Waals surface area contributed by atoms with Gasteiger partial charge in [-0.15, -0.1) is 24.0 Å². The second-order valence-corrected chi connectivity index (χ2v) is 7.73. The van der Waals surface area contributed by atoms with Gasteiger partial charge >= 0.3 is 0 Å². The Morgan fingerprint density at radius 3 is 2.39 bits per heavy atom. The Bertz CT molecular complexity index is 567. The zero-order valence-corrected chi connectivity index (χ0v) is 19.7. The van der Waals surface area contributed by atoms with Gasteiger partial charge in [0.2, 0.25) is 5.95 Å². The molecule has 0 radical (unpaired) electrons. The van der Waals surface area contributed by atoms with Crippen molar-refractivity contribution in [3.05, 3.63) is 18.5 Å². The largest absolute Gasteiger partial charge is 0.356 e. The third-order valence-electron chi connectivity index (χ3n) is 5.69. The number of aliphatic imine (C=N–C) groups is 1. The van der Waals surface area contributed by atoms with Crippen LogP contribution in [-0.4, -0.2) is 85.1 Å². The van der Waals surface area contributed by atoms with Crippen molar-refractivity contribution in [2.75, 3.05) is 64.3 Å². The number of piperidine rings is 1. The van der Waals surface area contributed by atoms with Crippen molar-refractivity contribution >= 4 is 35.9 Å². The van der Waals surface area contributed by atoms with Crippen molar-refractivity contribution in [1.29, 1.82) is 0 Å². The summed E-state index contributed by atoms with van der Waals surface area (Å²) in [7, 11) is 1.88. The highest BCUT2D eigenvalue weighted by Gasteiger charge is 2.21. The van der Waals surface area contributed by atoms with Crippen LogP contribution in [0.1, 0.15) is 32.6 Å². The molecule has 158 valence electrons.